The molecular weight excluding hydrogens is 199 g/mol. The van der Waals surface area contributed by atoms with E-state index >= 15 is 0 Å². The molecule has 0 radical (unpaired) electrons. The first-order valence-corrected chi connectivity index (χ1v) is 5.94. The Hall–Kier alpha value is -0.730. The predicted molar refractivity (Wildman–Crippen MR) is 59.7 cm³/mol. The number of carbonyl (C=O) groups excluding carboxylic acids is 2. The molecule has 0 aliphatic carbocycles. The lowest BCUT2D eigenvalue weighted by Crippen LogP contribution is -2.41. The number of carbonyl (C=O) groups is 2. The number of amides is 1. The van der Waals surface area contributed by atoms with Gasteiger partial charge in [-0.3, -0.25) is 4.79 Å². The van der Waals surface area contributed by atoms with Gasteiger partial charge in [-0.05, 0) is 18.4 Å². The Balaban J connectivity index is 3.72. The Kier molecular flexibility index (Phi) is 7.25. The molecule has 2 atom stereocenters. The van der Waals surface area contributed by atoms with E-state index in [4.69, 9.17) is 5.73 Å². The van der Waals surface area contributed by atoms with Crippen LogP contribution in [0.25, 0.3) is 0 Å². The average Bonchev–Trinajstić information content (AvgIpc) is 2.21. The van der Waals surface area contributed by atoms with Crippen molar-refractivity contribution in [3.63, 3.8) is 0 Å². The zero-order valence-corrected chi connectivity index (χ0v) is 9.38. The maximum absolute atomic E-state index is 11.3. The molecule has 3 N–H and O–H groups in total. The van der Waals surface area contributed by atoms with Crippen LogP contribution in [0.5, 0.6) is 0 Å². The summed E-state index contributed by atoms with van der Waals surface area (Å²) >= 11 is 0. The second-order valence-electron chi connectivity index (χ2n) is 2.92. The lowest BCUT2D eigenvalue weighted by atomic mass is 10.1. The normalized spacial score (nSPS) is 12.7. The molecule has 0 saturated carbocycles. The van der Waals surface area contributed by atoms with E-state index in [2.05, 4.69) is 11.9 Å². The van der Waals surface area contributed by atoms with Gasteiger partial charge in [0.25, 0.3) is 0 Å². The van der Waals surface area contributed by atoms with Crippen molar-refractivity contribution < 1.29 is 9.59 Å². The summed E-state index contributed by atoms with van der Waals surface area (Å²) in [5.41, 5.74) is 5.53. The summed E-state index contributed by atoms with van der Waals surface area (Å²) in [4.78, 5) is 21.3. The van der Waals surface area contributed by atoms with Crippen LogP contribution in [0, 0.1) is 0 Å². The zero-order chi connectivity index (χ0) is 11.0. The van der Waals surface area contributed by atoms with Gasteiger partial charge in [-0.15, -0.1) is 0 Å². The molecule has 0 aromatic heterocycles. The largest absolute Gasteiger partial charge is 0.351 e. The number of nitrogens with two attached hydrogens (primary N) is 1. The van der Waals surface area contributed by atoms with Crippen molar-refractivity contribution in [1.82, 2.24) is 5.32 Å². The van der Waals surface area contributed by atoms with E-state index in [1.807, 2.05) is 6.66 Å². The fourth-order valence-corrected chi connectivity index (χ4v) is 1.06. The van der Waals surface area contributed by atoms with Gasteiger partial charge in [-0.1, -0.05) is 15.2 Å². The van der Waals surface area contributed by atoms with Gasteiger partial charge >= 0.3 is 0 Å². The van der Waals surface area contributed by atoms with E-state index in [9.17, 15) is 9.59 Å². The fraction of sp³-hybridized carbons (Fsp3) is 0.556. The van der Waals surface area contributed by atoms with Crippen molar-refractivity contribution in [3.05, 3.63) is 11.9 Å². The Labute approximate surface area is 86.1 Å². The molecule has 0 aliphatic rings. The molecule has 0 aromatic carbocycles. The first-order valence-electron chi connectivity index (χ1n) is 4.44. The van der Waals surface area contributed by atoms with E-state index < -0.39 is 6.04 Å². The van der Waals surface area contributed by atoms with Crippen molar-refractivity contribution in [1.29, 1.82) is 0 Å². The van der Waals surface area contributed by atoms with Crippen LogP contribution in [0.1, 0.15) is 12.8 Å². The van der Waals surface area contributed by atoms with Gasteiger partial charge < -0.3 is 15.8 Å². The molecule has 0 fully saturated rings. The van der Waals surface area contributed by atoms with E-state index in [-0.39, 0.29) is 5.91 Å². The van der Waals surface area contributed by atoms with E-state index in [0.717, 1.165) is 11.6 Å². The second-order valence-corrected chi connectivity index (χ2v) is 4.13. The van der Waals surface area contributed by atoms with Gasteiger partial charge in [0, 0.05) is 13.0 Å². The van der Waals surface area contributed by atoms with E-state index in [1.54, 1.807) is 0 Å². The highest BCUT2D eigenvalue weighted by molar-refractivity contribution is 7.42. The molecule has 0 aromatic rings. The molecule has 5 heteroatoms. The summed E-state index contributed by atoms with van der Waals surface area (Å²) in [6.45, 7) is 6.24. The van der Waals surface area contributed by atoms with Gasteiger partial charge in [0.2, 0.25) is 5.91 Å². The Morgan fingerprint density at radius 2 is 2.36 bits per heavy atom. The molecule has 80 valence electrons. The summed E-state index contributed by atoms with van der Waals surface area (Å²) in [6, 6.07) is -0.590. The molecule has 0 spiro atoms. The lowest BCUT2D eigenvalue weighted by Gasteiger charge is -2.11. The Morgan fingerprint density at radius 3 is 2.86 bits per heavy atom. The van der Waals surface area contributed by atoms with Gasteiger partial charge in [0.1, 0.15) is 6.29 Å². The Morgan fingerprint density at radius 1 is 1.71 bits per heavy atom. The average molecular weight is 216 g/mol. The molecule has 0 rings (SSSR count). The molecule has 14 heavy (non-hydrogen) atoms. The van der Waals surface area contributed by atoms with Crippen molar-refractivity contribution in [2.45, 2.75) is 18.9 Å². The fourth-order valence-electron chi connectivity index (χ4n) is 0.792. The van der Waals surface area contributed by atoms with Crippen molar-refractivity contribution in [2.24, 2.45) is 5.73 Å². The molecular formula is C9H17N2O2P. The standard InChI is InChI=1S/C9H17N2O2P/c1-7(14-2)6-11-9(13)8(10)4-3-5-12/h5,8,14H,1,3-4,6,10H2,2H3,(H,11,13). The van der Waals surface area contributed by atoms with Crippen LogP contribution in [0.4, 0.5) is 0 Å². The summed E-state index contributed by atoms with van der Waals surface area (Å²) in [7, 11) is 0.619. The van der Waals surface area contributed by atoms with Gasteiger partial charge in [0.05, 0.1) is 6.04 Å². The third kappa shape index (κ3) is 5.84. The highest BCUT2D eigenvalue weighted by Gasteiger charge is 2.11. The summed E-state index contributed by atoms with van der Waals surface area (Å²) in [5.74, 6) is -0.216. The van der Waals surface area contributed by atoms with Gasteiger partial charge in [-0.2, -0.15) is 0 Å². The molecule has 0 bridgehead atoms. The van der Waals surface area contributed by atoms with Crippen LogP contribution >= 0.6 is 8.58 Å². The van der Waals surface area contributed by atoms with E-state index in [0.29, 0.717) is 28.0 Å². The lowest BCUT2D eigenvalue weighted by molar-refractivity contribution is -0.122. The minimum Gasteiger partial charge on any atom is -0.351 e. The molecule has 0 heterocycles. The van der Waals surface area contributed by atoms with Crippen LogP contribution in [0.3, 0.4) is 0 Å². The quantitative estimate of drug-likeness (QED) is 0.472. The molecule has 0 aliphatic heterocycles. The third-order valence-electron chi connectivity index (χ3n) is 1.76. The summed E-state index contributed by atoms with van der Waals surface area (Å²) < 4.78 is 0. The maximum Gasteiger partial charge on any atom is 0.237 e. The summed E-state index contributed by atoms with van der Waals surface area (Å²) in [5, 5.41) is 3.66. The maximum atomic E-state index is 11.3. The van der Waals surface area contributed by atoms with Crippen LogP contribution in [-0.2, 0) is 9.59 Å². The smallest absolute Gasteiger partial charge is 0.237 e. The number of rotatable bonds is 7. The topological polar surface area (TPSA) is 72.2 Å². The predicted octanol–water partition coefficient (Wildman–Crippen LogP) is 0.231. The Bertz CT molecular complexity index is 219. The monoisotopic (exact) mass is 216 g/mol. The zero-order valence-electron chi connectivity index (χ0n) is 8.38. The van der Waals surface area contributed by atoms with Crippen LogP contribution in [-0.4, -0.2) is 31.4 Å². The van der Waals surface area contributed by atoms with Crippen molar-refractivity contribution in [3.8, 4) is 0 Å². The minimum absolute atomic E-state index is 0.216. The highest BCUT2D eigenvalue weighted by Crippen LogP contribution is 2.14. The van der Waals surface area contributed by atoms with Crippen molar-refractivity contribution in [2.75, 3.05) is 13.2 Å². The first-order chi connectivity index (χ1) is 6.61. The number of nitrogens with one attached hydrogen (secondary N) is 1. The summed E-state index contributed by atoms with van der Waals surface area (Å²) in [6.07, 6.45) is 1.49. The molecule has 1 amide bonds. The SMILES string of the molecule is C=C(CNC(=O)C(N)CCC=O)PC. The molecule has 0 saturated heterocycles. The number of aldehydes is 1. The molecule has 2 unspecified atom stereocenters. The second kappa shape index (κ2) is 7.65. The highest BCUT2D eigenvalue weighted by atomic mass is 31.1. The van der Waals surface area contributed by atoms with Crippen LogP contribution < -0.4 is 11.1 Å². The first kappa shape index (κ1) is 13.3. The van der Waals surface area contributed by atoms with Gasteiger partial charge in [-0.25, -0.2) is 0 Å². The van der Waals surface area contributed by atoms with Crippen LogP contribution in [0.15, 0.2) is 11.9 Å². The van der Waals surface area contributed by atoms with Crippen LogP contribution in [0.2, 0.25) is 0 Å². The van der Waals surface area contributed by atoms with E-state index in [1.165, 1.54) is 0 Å². The minimum atomic E-state index is -0.590. The third-order valence-corrected chi connectivity index (χ3v) is 2.65. The van der Waals surface area contributed by atoms with Gasteiger partial charge in [0.15, 0.2) is 0 Å². The van der Waals surface area contributed by atoms with Crippen molar-refractivity contribution >= 4 is 20.8 Å². The molecule has 4 nitrogen and oxygen atoms in total. The number of hydrogen-bond acceptors (Lipinski definition) is 3. The number of hydrogen-bond donors (Lipinski definition) is 2.